The second-order valence-electron chi connectivity index (χ2n) is 5.93. The fraction of sp³-hybridized carbons (Fsp3) is 0.529. The number of hydrogen-bond acceptors (Lipinski definition) is 3. The summed E-state index contributed by atoms with van der Waals surface area (Å²) >= 11 is 0. The first-order valence-corrected chi connectivity index (χ1v) is 8.12. The van der Waals surface area contributed by atoms with Crippen molar-refractivity contribution in [2.45, 2.75) is 25.7 Å². The van der Waals surface area contributed by atoms with Gasteiger partial charge in [-0.3, -0.25) is 9.59 Å². The average molecular weight is 321 g/mol. The van der Waals surface area contributed by atoms with E-state index in [-0.39, 0.29) is 30.6 Å². The van der Waals surface area contributed by atoms with E-state index in [2.05, 4.69) is 16.0 Å². The normalized spacial score (nSPS) is 17.5. The molecule has 1 aliphatic heterocycles. The first kappa shape index (κ1) is 17.4. The summed E-state index contributed by atoms with van der Waals surface area (Å²) in [6.45, 7) is 2.68. The second-order valence-corrected chi connectivity index (χ2v) is 5.93. The fourth-order valence-electron chi connectivity index (χ4n) is 2.72. The molecule has 0 aliphatic carbocycles. The van der Waals surface area contributed by atoms with Gasteiger partial charge in [0.2, 0.25) is 11.8 Å². The van der Waals surface area contributed by atoms with Crippen LogP contribution in [0.5, 0.6) is 0 Å². The van der Waals surface area contributed by atoms with Crippen LogP contribution < -0.4 is 16.0 Å². The van der Waals surface area contributed by atoms with Crippen molar-refractivity contribution in [2.24, 2.45) is 5.92 Å². The predicted octanol–water partition coefficient (Wildman–Crippen LogP) is 0.990. The second kappa shape index (κ2) is 9.25. The van der Waals surface area contributed by atoms with Crippen molar-refractivity contribution in [1.82, 2.24) is 16.0 Å². The number of carbonyl (C=O) groups excluding carboxylic acids is 2. The van der Waals surface area contributed by atoms with Crippen LogP contribution in [0, 0.1) is 11.7 Å². The van der Waals surface area contributed by atoms with Crippen LogP contribution in [0.2, 0.25) is 0 Å². The van der Waals surface area contributed by atoms with Gasteiger partial charge in [0, 0.05) is 6.54 Å². The summed E-state index contributed by atoms with van der Waals surface area (Å²) in [6, 6.07) is 5.89. The van der Waals surface area contributed by atoms with Gasteiger partial charge in [-0.05, 0) is 56.0 Å². The lowest BCUT2D eigenvalue weighted by molar-refractivity contribution is -0.125. The average Bonchev–Trinajstić information content (AvgIpc) is 2.54. The summed E-state index contributed by atoms with van der Waals surface area (Å²) < 4.78 is 13.0. The molecule has 1 heterocycles. The quantitative estimate of drug-likeness (QED) is 0.701. The minimum absolute atomic E-state index is 0.0446. The summed E-state index contributed by atoms with van der Waals surface area (Å²) in [7, 11) is 0. The van der Waals surface area contributed by atoms with Gasteiger partial charge in [0.1, 0.15) is 5.82 Å². The van der Waals surface area contributed by atoms with Gasteiger partial charge < -0.3 is 16.0 Å². The largest absolute Gasteiger partial charge is 0.355 e. The molecule has 0 saturated carbocycles. The zero-order valence-corrected chi connectivity index (χ0v) is 13.2. The molecule has 2 rings (SSSR count). The van der Waals surface area contributed by atoms with Crippen LogP contribution in [0.1, 0.15) is 24.8 Å². The summed E-state index contributed by atoms with van der Waals surface area (Å²) in [5.74, 6) is -0.236. The van der Waals surface area contributed by atoms with Gasteiger partial charge in [-0.25, -0.2) is 4.39 Å². The molecule has 0 bridgehead atoms. The van der Waals surface area contributed by atoms with Gasteiger partial charge in [0.25, 0.3) is 0 Å². The van der Waals surface area contributed by atoms with Crippen LogP contribution in [-0.2, 0) is 16.0 Å². The van der Waals surface area contributed by atoms with E-state index in [4.69, 9.17) is 0 Å². The van der Waals surface area contributed by atoms with E-state index >= 15 is 0 Å². The van der Waals surface area contributed by atoms with E-state index in [1.807, 2.05) is 0 Å². The Labute approximate surface area is 136 Å². The molecule has 3 N–H and O–H groups in total. The van der Waals surface area contributed by atoms with Gasteiger partial charge in [0.15, 0.2) is 0 Å². The monoisotopic (exact) mass is 321 g/mol. The highest BCUT2D eigenvalue weighted by Crippen LogP contribution is 2.12. The van der Waals surface area contributed by atoms with Crippen molar-refractivity contribution >= 4 is 11.8 Å². The lowest BCUT2D eigenvalue weighted by Gasteiger charge is -2.22. The van der Waals surface area contributed by atoms with E-state index in [0.717, 1.165) is 19.5 Å². The lowest BCUT2D eigenvalue weighted by atomic mass is 9.96. The maximum Gasteiger partial charge on any atom is 0.239 e. The van der Waals surface area contributed by atoms with Crippen molar-refractivity contribution in [1.29, 1.82) is 0 Å². The summed E-state index contributed by atoms with van der Waals surface area (Å²) in [5, 5.41) is 8.71. The molecule has 23 heavy (non-hydrogen) atoms. The van der Waals surface area contributed by atoms with Gasteiger partial charge in [-0.2, -0.15) is 0 Å². The number of benzene rings is 1. The van der Waals surface area contributed by atoms with Crippen molar-refractivity contribution in [3.63, 3.8) is 0 Å². The molecule has 1 unspecified atom stereocenters. The first-order chi connectivity index (χ1) is 11.1. The molecule has 0 spiro atoms. The van der Waals surface area contributed by atoms with E-state index in [1.54, 1.807) is 12.1 Å². The minimum atomic E-state index is -0.370. The van der Waals surface area contributed by atoms with Crippen molar-refractivity contribution in [3.05, 3.63) is 35.6 Å². The van der Waals surface area contributed by atoms with Crippen molar-refractivity contribution in [3.8, 4) is 0 Å². The Morgan fingerprint density at radius 1 is 1.26 bits per heavy atom. The molecule has 6 heteroatoms. The summed E-state index contributed by atoms with van der Waals surface area (Å²) in [6.07, 6.45) is 3.41. The molecule has 1 aromatic carbocycles. The number of amides is 2. The third-order valence-corrected chi connectivity index (χ3v) is 3.97. The maximum absolute atomic E-state index is 13.0. The number of piperidine rings is 1. The molecule has 1 atom stereocenters. The Balaban J connectivity index is 1.59. The Bertz CT molecular complexity index is 530. The third kappa shape index (κ3) is 6.78. The number of rotatable bonds is 7. The van der Waals surface area contributed by atoms with Crippen molar-refractivity contribution < 1.29 is 14.0 Å². The number of nitrogens with one attached hydrogen (secondary N) is 3. The molecule has 1 fully saturated rings. The zero-order valence-electron chi connectivity index (χ0n) is 13.2. The van der Waals surface area contributed by atoms with E-state index in [9.17, 15) is 14.0 Å². The van der Waals surface area contributed by atoms with Gasteiger partial charge in [0.05, 0.1) is 13.0 Å². The molecule has 5 nitrogen and oxygen atoms in total. The molecule has 2 amide bonds. The number of carbonyl (C=O) groups is 2. The van der Waals surface area contributed by atoms with Gasteiger partial charge in [-0.1, -0.05) is 12.1 Å². The van der Waals surface area contributed by atoms with Gasteiger partial charge in [-0.15, -0.1) is 0 Å². The van der Waals surface area contributed by atoms with Crippen LogP contribution in [0.3, 0.4) is 0 Å². The SMILES string of the molecule is O=C(CNC(=O)Cc1cccc(F)c1)NCCC1CCCNC1. The molecule has 1 aliphatic rings. The summed E-state index contributed by atoms with van der Waals surface area (Å²) in [4.78, 5) is 23.4. The Morgan fingerprint density at radius 3 is 2.87 bits per heavy atom. The molecular weight excluding hydrogens is 297 g/mol. The number of halogens is 1. The standard InChI is InChI=1S/C17H24FN3O2/c18-15-5-1-3-14(9-15)10-16(22)21-12-17(23)20-8-6-13-4-2-7-19-11-13/h1,3,5,9,13,19H,2,4,6-8,10-12H2,(H,20,23)(H,21,22). The lowest BCUT2D eigenvalue weighted by Crippen LogP contribution is -2.39. The van der Waals surface area contributed by atoms with Crippen LogP contribution in [0.25, 0.3) is 0 Å². The summed E-state index contributed by atoms with van der Waals surface area (Å²) in [5.41, 5.74) is 0.590. The molecule has 1 aromatic rings. The van der Waals surface area contributed by atoms with Gasteiger partial charge >= 0.3 is 0 Å². The van der Waals surface area contributed by atoms with Crippen LogP contribution in [0.15, 0.2) is 24.3 Å². The molecule has 1 saturated heterocycles. The van der Waals surface area contributed by atoms with E-state index < -0.39 is 0 Å². The highest BCUT2D eigenvalue weighted by molar-refractivity contribution is 5.85. The molecular formula is C17H24FN3O2. The number of hydrogen-bond donors (Lipinski definition) is 3. The van der Waals surface area contributed by atoms with E-state index in [1.165, 1.54) is 25.0 Å². The predicted molar refractivity (Wildman–Crippen MR) is 86.3 cm³/mol. The highest BCUT2D eigenvalue weighted by Gasteiger charge is 2.13. The Morgan fingerprint density at radius 2 is 2.13 bits per heavy atom. The van der Waals surface area contributed by atoms with Crippen LogP contribution >= 0.6 is 0 Å². The third-order valence-electron chi connectivity index (χ3n) is 3.97. The highest BCUT2D eigenvalue weighted by atomic mass is 19.1. The first-order valence-electron chi connectivity index (χ1n) is 8.12. The molecule has 126 valence electrons. The fourth-order valence-corrected chi connectivity index (χ4v) is 2.72. The van der Waals surface area contributed by atoms with Crippen LogP contribution in [-0.4, -0.2) is 38.0 Å². The zero-order chi connectivity index (χ0) is 16.5. The Kier molecular flexibility index (Phi) is 7.00. The Hall–Kier alpha value is -1.95. The maximum atomic E-state index is 13.0. The van der Waals surface area contributed by atoms with Crippen molar-refractivity contribution in [2.75, 3.05) is 26.2 Å². The van der Waals surface area contributed by atoms with Crippen LogP contribution in [0.4, 0.5) is 4.39 Å². The minimum Gasteiger partial charge on any atom is -0.355 e. The smallest absolute Gasteiger partial charge is 0.239 e. The topological polar surface area (TPSA) is 70.2 Å². The van der Waals surface area contributed by atoms with E-state index in [0.29, 0.717) is 18.0 Å². The molecule has 0 aromatic heterocycles. The molecule has 0 radical (unpaired) electrons.